The second-order valence-electron chi connectivity index (χ2n) is 4.50. The van der Waals surface area contributed by atoms with E-state index in [9.17, 15) is 14.9 Å². The zero-order valence-corrected chi connectivity index (χ0v) is 11.4. The van der Waals surface area contributed by atoms with Crippen molar-refractivity contribution in [2.45, 2.75) is 26.7 Å². The minimum Gasteiger partial charge on any atom is -0.294 e. The molecule has 0 atom stereocenters. The molecule has 2 aromatic rings. The van der Waals surface area contributed by atoms with Crippen molar-refractivity contribution >= 4 is 11.5 Å². The molecule has 0 spiro atoms. The van der Waals surface area contributed by atoms with Gasteiger partial charge in [0.25, 0.3) is 5.69 Å². The number of nitro groups is 1. The SMILES string of the molecule is CCCC(=O)c1cnn(-c2ccc([N+](=O)[O-])cc2)c1C. The molecule has 2 rings (SSSR count). The van der Waals surface area contributed by atoms with Crippen LogP contribution in [0, 0.1) is 17.0 Å². The summed E-state index contributed by atoms with van der Waals surface area (Å²) in [5.41, 5.74) is 2.08. The van der Waals surface area contributed by atoms with Crippen molar-refractivity contribution in [1.82, 2.24) is 9.78 Å². The summed E-state index contributed by atoms with van der Waals surface area (Å²) in [6.45, 7) is 3.77. The van der Waals surface area contributed by atoms with Gasteiger partial charge in [0.15, 0.2) is 5.78 Å². The summed E-state index contributed by atoms with van der Waals surface area (Å²) in [5.74, 6) is 0.0677. The Hall–Kier alpha value is -2.50. The molecule has 20 heavy (non-hydrogen) atoms. The second kappa shape index (κ2) is 5.64. The Morgan fingerprint density at radius 1 is 1.35 bits per heavy atom. The molecule has 0 saturated carbocycles. The summed E-state index contributed by atoms with van der Waals surface area (Å²) in [7, 11) is 0. The molecule has 0 unspecified atom stereocenters. The van der Waals surface area contributed by atoms with E-state index in [1.54, 1.807) is 23.0 Å². The first-order valence-corrected chi connectivity index (χ1v) is 6.37. The Bertz CT molecular complexity index is 644. The second-order valence-corrected chi connectivity index (χ2v) is 4.50. The van der Waals surface area contributed by atoms with Crippen molar-refractivity contribution in [1.29, 1.82) is 0 Å². The van der Waals surface area contributed by atoms with Crippen LogP contribution in [0.5, 0.6) is 0 Å². The van der Waals surface area contributed by atoms with Gasteiger partial charge in [0.2, 0.25) is 0 Å². The highest BCUT2D eigenvalue weighted by molar-refractivity contribution is 5.96. The minimum atomic E-state index is -0.448. The zero-order valence-electron chi connectivity index (χ0n) is 11.4. The first-order chi connectivity index (χ1) is 9.54. The average molecular weight is 273 g/mol. The van der Waals surface area contributed by atoms with Crippen molar-refractivity contribution in [3.8, 4) is 5.69 Å². The number of hydrogen-bond acceptors (Lipinski definition) is 4. The van der Waals surface area contributed by atoms with Gasteiger partial charge in [0, 0.05) is 18.6 Å². The predicted octanol–water partition coefficient (Wildman–Crippen LogP) is 3.07. The highest BCUT2D eigenvalue weighted by Crippen LogP contribution is 2.19. The van der Waals surface area contributed by atoms with Crippen LogP contribution in [0.1, 0.15) is 35.8 Å². The van der Waals surface area contributed by atoms with Gasteiger partial charge in [-0.2, -0.15) is 5.10 Å². The van der Waals surface area contributed by atoms with Gasteiger partial charge < -0.3 is 0 Å². The van der Waals surface area contributed by atoms with Gasteiger partial charge in [0.05, 0.1) is 28.1 Å². The molecule has 6 heteroatoms. The number of Topliss-reactive ketones (excluding diaryl/α,β-unsaturated/α-hetero) is 1. The fourth-order valence-electron chi connectivity index (χ4n) is 2.02. The smallest absolute Gasteiger partial charge is 0.269 e. The van der Waals surface area contributed by atoms with E-state index in [0.29, 0.717) is 17.7 Å². The fraction of sp³-hybridized carbons (Fsp3) is 0.286. The van der Waals surface area contributed by atoms with Crippen LogP contribution in [-0.2, 0) is 0 Å². The number of non-ortho nitro benzene ring substituents is 1. The molecule has 1 aromatic heterocycles. The number of nitro benzene ring substituents is 1. The summed E-state index contributed by atoms with van der Waals surface area (Å²) in [6.07, 6.45) is 2.84. The van der Waals surface area contributed by atoms with Crippen molar-refractivity contribution in [2.24, 2.45) is 0 Å². The van der Waals surface area contributed by atoms with Crippen LogP contribution < -0.4 is 0 Å². The maximum Gasteiger partial charge on any atom is 0.269 e. The lowest BCUT2D eigenvalue weighted by Crippen LogP contribution is -2.03. The molecule has 6 nitrogen and oxygen atoms in total. The average Bonchev–Trinajstić information content (AvgIpc) is 2.81. The van der Waals surface area contributed by atoms with Crippen molar-refractivity contribution in [3.05, 3.63) is 51.8 Å². The molecule has 1 aromatic carbocycles. The molecule has 1 heterocycles. The lowest BCUT2D eigenvalue weighted by Gasteiger charge is -2.05. The van der Waals surface area contributed by atoms with E-state index in [-0.39, 0.29) is 11.5 Å². The van der Waals surface area contributed by atoms with Gasteiger partial charge in [0.1, 0.15) is 0 Å². The predicted molar refractivity (Wildman–Crippen MR) is 74.2 cm³/mol. The summed E-state index contributed by atoms with van der Waals surface area (Å²) < 4.78 is 1.62. The molecular weight excluding hydrogens is 258 g/mol. The third-order valence-corrected chi connectivity index (χ3v) is 3.09. The topological polar surface area (TPSA) is 78.0 Å². The highest BCUT2D eigenvalue weighted by atomic mass is 16.6. The molecule has 0 bridgehead atoms. The number of benzene rings is 1. The van der Waals surface area contributed by atoms with Crippen LogP contribution in [0.15, 0.2) is 30.5 Å². The van der Waals surface area contributed by atoms with Gasteiger partial charge in [-0.1, -0.05) is 6.92 Å². The first-order valence-electron chi connectivity index (χ1n) is 6.37. The van der Waals surface area contributed by atoms with Gasteiger partial charge in [-0.05, 0) is 25.5 Å². The molecule has 0 fully saturated rings. The summed E-state index contributed by atoms with van der Waals surface area (Å²) >= 11 is 0. The highest BCUT2D eigenvalue weighted by Gasteiger charge is 2.14. The van der Waals surface area contributed by atoms with Crippen LogP contribution in [0.4, 0.5) is 5.69 Å². The van der Waals surface area contributed by atoms with E-state index >= 15 is 0 Å². The Kier molecular flexibility index (Phi) is 3.93. The lowest BCUT2D eigenvalue weighted by atomic mass is 10.1. The Morgan fingerprint density at radius 2 is 2.00 bits per heavy atom. The number of ketones is 1. The molecule has 104 valence electrons. The Labute approximate surface area is 116 Å². The summed E-state index contributed by atoms with van der Waals surface area (Å²) in [6, 6.07) is 6.08. The molecule has 0 N–H and O–H groups in total. The molecule has 0 radical (unpaired) electrons. The van der Waals surface area contributed by atoms with E-state index in [1.807, 2.05) is 13.8 Å². The summed E-state index contributed by atoms with van der Waals surface area (Å²) in [5, 5.41) is 14.8. The Balaban J connectivity index is 2.34. The number of hydrogen-bond donors (Lipinski definition) is 0. The van der Waals surface area contributed by atoms with E-state index < -0.39 is 4.92 Å². The fourth-order valence-corrected chi connectivity index (χ4v) is 2.02. The Morgan fingerprint density at radius 3 is 2.55 bits per heavy atom. The largest absolute Gasteiger partial charge is 0.294 e. The van der Waals surface area contributed by atoms with Gasteiger partial charge >= 0.3 is 0 Å². The van der Waals surface area contributed by atoms with Gasteiger partial charge in [-0.15, -0.1) is 0 Å². The monoisotopic (exact) mass is 273 g/mol. The molecular formula is C14H15N3O3. The third kappa shape index (κ3) is 2.59. The lowest BCUT2D eigenvalue weighted by molar-refractivity contribution is -0.384. The van der Waals surface area contributed by atoms with E-state index in [2.05, 4.69) is 5.10 Å². The molecule has 0 aliphatic heterocycles. The number of nitrogens with zero attached hydrogens (tertiary/aromatic N) is 3. The number of rotatable bonds is 5. The maximum absolute atomic E-state index is 11.9. The summed E-state index contributed by atoms with van der Waals surface area (Å²) in [4.78, 5) is 22.1. The molecule has 0 aliphatic carbocycles. The molecule has 0 aliphatic rings. The molecule has 0 saturated heterocycles. The van der Waals surface area contributed by atoms with Gasteiger partial charge in [-0.25, -0.2) is 4.68 Å². The van der Waals surface area contributed by atoms with Crippen LogP contribution >= 0.6 is 0 Å². The van der Waals surface area contributed by atoms with Crippen molar-refractivity contribution < 1.29 is 9.72 Å². The van der Waals surface area contributed by atoms with Crippen LogP contribution in [0.3, 0.4) is 0 Å². The number of carbonyl (C=O) groups excluding carboxylic acids is 1. The van der Waals surface area contributed by atoms with E-state index in [1.165, 1.54) is 12.1 Å². The quantitative estimate of drug-likeness (QED) is 0.476. The number of carbonyl (C=O) groups is 1. The first kappa shape index (κ1) is 13.9. The minimum absolute atomic E-state index is 0.0286. The third-order valence-electron chi connectivity index (χ3n) is 3.09. The van der Waals surface area contributed by atoms with E-state index in [4.69, 9.17) is 0 Å². The van der Waals surface area contributed by atoms with Crippen LogP contribution in [0.25, 0.3) is 5.69 Å². The van der Waals surface area contributed by atoms with Gasteiger partial charge in [-0.3, -0.25) is 14.9 Å². The molecule has 0 amide bonds. The van der Waals surface area contributed by atoms with Crippen molar-refractivity contribution in [3.63, 3.8) is 0 Å². The zero-order chi connectivity index (χ0) is 14.7. The van der Waals surface area contributed by atoms with E-state index in [0.717, 1.165) is 12.1 Å². The standard InChI is InChI=1S/C14H15N3O3/c1-3-4-14(18)13-9-15-16(10(13)2)11-5-7-12(8-6-11)17(19)20/h5-9H,3-4H2,1-2H3. The normalized spacial score (nSPS) is 10.5. The maximum atomic E-state index is 11.9. The number of aromatic nitrogens is 2. The van der Waals surface area contributed by atoms with Crippen LogP contribution in [-0.4, -0.2) is 20.5 Å². The van der Waals surface area contributed by atoms with Crippen LogP contribution in [0.2, 0.25) is 0 Å². The van der Waals surface area contributed by atoms with Crippen molar-refractivity contribution in [2.75, 3.05) is 0 Å².